The number of carbonyl (C=O) groups excluding carboxylic acids is 2. The van der Waals surface area contributed by atoms with Gasteiger partial charge in [-0.1, -0.05) is 93.6 Å². The molecule has 4 rings (SSSR count). The highest BCUT2D eigenvalue weighted by Crippen LogP contribution is 2.43. The molecule has 0 saturated heterocycles. The van der Waals surface area contributed by atoms with Gasteiger partial charge in [0.25, 0.3) is 8.32 Å². The van der Waals surface area contributed by atoms with Crippen LogP contribution in [0.15, 0.2) is 85.5 Å². The Morgan fingerprint density at radius 2 is 1.64 bits per heavy atom. The Kier molecular flexibility index (Phi) is 8.42. The zero-order valence-corrected chi connectivity index (χ0v) is 24.5. The molecule has 1 heterocycles. The van der Waals surface area contributed by atoms with E-state index in [1.807, 2.05) is 23.1 Å². The van der Waals surface area contributed by atoms with Crippen molar-refractivity contribution >= 4 is 36.2 Å². The summed E-state index contributed by atoms with van der Waals surface area (Å²) in [7, 11) is -1.28. The maximum atomic E-state index is 13.4. The number of nitrogens with one attached hydrogen (secondary N) is 1. The molecule has 0 aliphatic carbocycles. The van der Waals surface area contributed by atoms with Crippen LogP contribution < -0.4 is 20.4 Å². The minimum atomic E-state index is -2.87. The van der Waals surface area contributed by atoms with Crippen LogP contribution in [0.5, 0.6) is 5.75 Å². The molecule has 7 heteroatoms. The van der Waals surface area contributed by atoms with Crippen molar-refractivity contribution in [1.82, 2.24) is 4.90 Å². The number of benzene rings is 3. The van der Waals surface area contributed by atoms with Crippen molar-refractivity contribution in [1.29, 1.82) is 0 Å². The molecule has 1 aliphatic rings. The number of methoxy groups -OCH3 is 1. The van der Waals surface area contributed by atoms with Crippen molar-refractivity contribution in [3.8, 4) is 5.75 Å². The van der Waals surface area contributed by atoms with Crippen LogP contribution in [0.25, 0.3) is 0 Å². The molecule has 3 aromatic rings. The quantitative estimate of drug-likeness (QED) is 0.310. The predicted octanol–water partition coefficient (Wildman–Crippen LogP) is 4.84. The Balaban J connectivity index is 1.89. The highest BCUT2D eigenvalue weighted by atomic mass is 28.4. The third-order valence-electron chi connectivity index (χ3n) is 7.37. The first kappa shape index (κ1) is 28.3. The Morgan fingerprint density at radius 1 is 1.05 bits per heavy atom. The molecule has 3 aromatic carbocycles. The van der Waals surface area contributed by atoms with Gasteiger partial charge in [0, 0.05) is 19.0 Å². The van der Waals surface area contributed by atoms with Crippen LogP contribution in [-0.2, 0) is 20.4 Å². The second kappa shape index (κ2) is 11.6. The van der Waals surface area contributed by atoms with Gasteiger partial charge in [0.05, 0.1) is 31.9 Å². The number of carbonyl (C=O) groups is 2. The summed E-state index contributed by atoms with van der Waals surface area (Å²) in [5, 5.41) is 5.00. The molecule has 0 bridgehead atoms. The van der Waals surface area contributed by atoms with Crippen LogP contribution in [0.2, 0.25) is 5.04 Å². The summed E-state index contributed by atoms with van der Waals surface area (Å²) in [4.78, 5) is 27.2. The van der Waals surface area contributed by atoms with Crippen molar-refractivity contribution in [2.45, 2.75) is 45.2 Å². The number of fused-ring (bicyclic) bond motifs is 1. The van der Waals surface area contributed by atoms with E-state index < -0.39 is 14.4 Å². The molecule has 1 N–H and O–H groups in total. The Bertz CT molecular complexity index is 1300. The van der Waals surface area contributed by atoms with E-state index in [2.05, 4.69) is 81.2 Å². The molecular weight excluding hydrogens is 504 g/mol. The lowest BCUT2D eigenvalue weighted by atomic mass is 9.90. The topological polar surface area (TPSA) is 67.9 Å². The SMILES string of the molecule is C=CCN1C(=O)Cc2ccc(NC(C)=O)c(OC)c2[C@@H]1CO[Si](c1ccccc1)(c1ccccc1)C(C)(C)C. The fourth-order valence-corrected chi connectivity index (χ4v) is 10.3. The lowest BCUT2D eigenvalue weighted by molar-refractivity contribution is -0.134. The maximum Gasteiger partial charge on any atom is 0.261 e. The lowest BCUT2D eigenvalue weighted by Gasteiger charge is -2.45. The van der Waals surface area contributed by atoms with E-state index in [0.29, 0.717) is 18.0 Å². The molecule has 1 aliphatic heterocycles. The summed E-state index contributed by atoms with van der Waals surface area (Å²) in [5.41, 5.74) is 2.32. The first-order chi connectivity index (χ1) is 18.6. The fraction of sp³-hybridized carbons (Fsp3) is 0.312. The van der Waals surface area contributed by atoms with Crippen molar-refractivity contribution in [3.63, 3.8) is 0 Å². The molecule has 0 aromatic heterocycles. The molecule has 1 atom stereocenters. The number of hydrogen-bond donors (Lipinski definition) is 1. The zero-order valence-electron chi connectivity index (χ0n) is 23.5. The van der Waals surface area contributed by atoms with E-state index in [4.69, 9.17) is 9.16 Å². The average molecular weight is 543 g/mol. The number of nitrogens with zero attached hydrogens (tertiary/aromatic N) is 1. The minimum Gasteiger partial charge on any atom is -0.494 e. The monoisotopic (exact) mass is 542 g/mol. The predicted molar refractivity (Wildman–Crippen MR) is 159 cm³/mol. The third-order valence-corrected chi connectivity index (χ3v) is 12.4. The highest BCUT2D eigenvalue weighted by molar-refractivity contribution is 6.99. The normalized spacial score (nSPS) is 15.5. The first-order valence-corrected chi connectivity index (χ1v) is 15.2. The molecule has 0 fully saturated rings. The van der Waals surface area contributed by atoms with Crippen LogP contribution in [0.3, 0.4) is 0 Å². The average Bonchev–Trinajstić information content (AvgIpc) is 2.90. The standard InChI is InChI=1S/C32H38N2O4Si/c1-7-20-34-28(30-24(21-29(34)36)18-19-27(31(30)37-6)33-23(2)35)22-38-39(32(3,4)5,25-14-10-8-11-15-25)26-16-12-9-13-17-26/h7-19,28H,1,20-22H2,2-6H3,(H,33,35)/t28-/m0/s1. The number of hydrogen-bond acceptors (Lipinski definition) is 4. The largest absolute Gasteiger partial charge is 0.494 e. The first-order valence-electron chi connectivity index (χ1n) is 13.3. The molecule has 0 spiro atoms. The number of rotatable bonds is 9. The Morgan fingerprint density at radius 3 is 2.13 bits per heavy atom. The van der Waals surface area contributed by atoms with E-state index in [1.165, 1.54) is 17.3 Å². The Hall–Kier alpha value is -3.68. The van der Waals surface area contributed by atoms with Gasteiger partial charge < -0.3 is 19.4 Å². The summed E-state index contributed by atoms with van der Waals surface area (Å²) in [6.07, 6.45) is 1.98. The molecule has 0 saturated carbocycles. The maximum absolute atomic E-state index is 13.4. The summed E-state index contributed by atoms with van der Waals surface area (Å²) in [5.74, 6) is 0.372. The van der Waals surface area contributed by atoms with Crippen molar-refractivity contribution in [2.75, 3.05) is 25.6 Å². The van der Waals surface area contributed by atoms with E-state index in [-0.39, 0.29) is 29.9 Å². The van der Waals surface area contributed by atoms with Gasteiger partial charge in [0.1, 0.15) is 5.75 Å². The Labute approximate surface area is 232 Å². The van der Waals surface area contributed by atoms with Gasteiger partial charge in [-0.05, 0) is 27.0 Å². The fourth-order valence-electron chi connectivity index (χ4n) is 5.77. The van der Waals surface area contributed by atoms with E-state index in [1.54, 1.807) is 19.3 Å². The zero-order chi connectivity index (χ0) is 28.2. The second-order valence-corrected chi connectivity index (χ2v) is 15.2. The summed E-state index contributed by atoms with van der Waals surface area (Å²) < 4.78 is 13.2. The van der Waals surface area contributed by atoms with Crippen LogP contribution >= 0.6 is 0 Å². The van der Waals surface area contributed by atoms with Crippen LogP contribution in [-0.4, -0.2) is 45.3 Å². The van der Waals surface area contributed by atoms with E-state index >= 15 is 0 Å². The number of amides is 2. The van der Waals surface area contributed by atoms with Gasteiger partial charge in [-0.3, -0.25) is 9.59 Å². The van der Waals surface area contributed by atoms with Crippen molar-refractivity contribution < 1.29 is 18.8 Å². The third kappa shape index (κ3) is 5.42. The van der Waals surface area contributed by atoms with Crippen molar-refractivity contribution in [3.05, 3.63) is 96.6 Å². The summed E-state index contributed by atoms with van der Waals surface area (Å²) >= 11 is 0. The summed E-state index contributed by atoms with van der Waals surface area (Å²) in [6, 6.07) is 24.2. The summed E-state index contributed by atoms with van der Waals surface area (Å²) in [6.45, 7) is 12.7. The van der Waals surface area contributed by atoms with Gasteiger partial charge in [-0.25, -0.2) is 0 Å². The van der Waals surface area contributed by atoms with Gasteiger partial charge in [0.15, 0.2) is 0 Å². The minimum absolute atomic E-state index is 0.00720. The van der Waals surface area contributed by atoms with Crippen LogP contribution in [0, 0.1) is 0 Å². The molecule has 39 heavy (non-hydrogen) atoms. The van der Waals surface area contributed by atoms with Crippen LogP contribution in [0.1, 0.15) is 44.9 Å². The van der Waals surface area contributed by atoms with Crippen LogP contribution in [0.4, 0.5) is 5.69 Å². The lowest BCUT2D eigenvalue weighted by Crippen LogP contribution is -2.67. The molecule has 2 amide bonds. The van der Waals surface area contributed by atoms with Gasteiger partial charge in [-0.15, -0.1) is 6.58 Å². The highest BCUT2D eigenvalue weighted by Gasteiger charge is 2.51. The van der Waals surface area contributed by atoms with Gasteiger partial charge >= 0.3 is 0 Å². The molecule has 204 valence electrons. The smallest absolute Gasteiger partial charge is 0.261 e. The second-order valence-electron chi connectivity index (χ2n) is 10.9. The number of ether oxygens (including phenoxy) is 1. The van der Waals surface area contributed by atoms with Gasteiger partial charge in [-0.2, -0.15) is 0 Å². The number of anilines is 1. The van der Waals surface area contributed by atoms with Crippen molar-refractivity contribution in [2.24, 2.45) is 0 Å². The molecular formula is C32H38N2O4Si. The van der Waals surface area contributed by atoms with E-state index in [0.717, 1.165) is 11.1 Å². The molecule has 6 nitrogen and oxygen atoms in total. The molecule has 0 unspecified atom stereocenters. The van der Waals surface area contributed by atoms with E-state index in [9.17, 15) is 9.59 Å². The molecule has 0 radical (unpaired) electrons. The van der Waals surface area contributed by atoms with Gasteiger partial charge in [0.2, 0.25) is 11.8 Å².